The third-order valence-corrected chi connectivity index (χ3v) is 1.68. The number of rotatable bonds is 4. The molecule has 4 heteroatoms. The van der Waals surface area contributed by atoms with Gasteiger partial charge in [0.2, 0.25) is 0 Å². The van der Waals surface area contributed by atoms with Crippen LogP contribution in [0, 0.1) is 0 Å². The zero-order chi connectivity index (χ0) is 10.4. The number of esters is 1. The predicted molar refractivity (Wildman–Crippen MR) is 51.3 cm³/mol. The predicted octanol–water partition coefficient (Wildman–Crippen LogP) is 1.40. The van der Waals surface area contributed by atoms with E-state index in [9.17, 15) is 4.79 Å². The van der Waals surface area contributed by atoms with Gasteiger partial charge in [-0.25, -0.2) is 4.79 Å². The summed E-state index contributed by atoms with van der Waals surface area (Å²) in [6.45, 7) is 0.698. The van der Waals surface area contributed by atoms with Crippen molar-refractivity contribution in [2.75, 3.05) is 14.2 Å². The van der Waals surface area contributed by atoms with Crippen molar-refractivity contribution in [3.05, 3.63) is 36.4 Å². The van der Waals surface area contributed by atoms with Crippen LogP contribution in [0.4, 0.5) is 0 Å². The van der Waals surface area contributed by atoms with Gasteiger partial charge in [0.25, 0.3) is 0 Å². The van der Waals surface area contributed by atoms with Crippen LogP contribution in [0.1, 0.15) is 5.56 Å². The van der Waals surface area contributed by atoms with Crippen molar-refractivity contribution >= 4 is 5.97 Å². The van der Waals surface area contributed by atoms with E-state index in [1.165, 1.54) is 13.2 Å². The Morgan fingerprint density at radius 1 is 1.71 bits per heavy atom. The molecule has 0 aliphatic carbocycles. The van der Waals surface area contributed by atoms with Crippen LogP contribution in [0.15, 0.2) is 35.3 Å². The first-order valence-corrected chi connectivity index (χ1v) is 4.20. The first-order chi connectivity index (χ1) is 6.72. The highest BCUT2D eigenvalue weighted by Crippen LogP contribution is 2.03. The lowest BCUT2D eigenvalue weighted by Crippen LogP contribution is -2.10. The van der Waals surface area contributed by atoms with E-state index >= 15 is 0 Å². The zero-order valence-electron chi connectivity index (χ0n) is 8.27. The molecular formula is C10H13NO3. The van der Waals surface area contributed by atoms with Gasteiger partial charge in [0.1, 0.15) is 0 Å². The quantitative estimate of drug-likeness (QED) is 0.538. The van der Waals surface area contributed by atoms with Crippen LogP contribution >= 0.6 is 0 Å². The maximum Gasteiger partial charge on any atom is 0.331 e. The van der Waals surface area contributed by atoms with Gasteiger partial charge in [-0.1, -0.05) is 0 Å². The number of carbonyl (C=O) groups excluding carboxylic acids is 1. The van der Waals surface area contributed by atoms with Crippen molar-refractivity contribution in [2.45, 2.75) is 6.54 Å². The van der Waals surface area contributed by atoms with Crippen LogP contribution < -0.4 is 0 Å². The lowest BCUT2D eigenvalue weighted by atomic mass is 10.3. The molecule has 4 nitrogen and oxygen atoms in total. The number of hydrogen-bond donors (Lipinski definition) is 0. The van der Waals surface area contributed by atoms with Crippen LogP contribution in [0.3, 0.4) is 0 Å². The van der Waals surface area contributed by atoms with Crippen LogP contribution in [-0.2, 0) is 16.1 Å². The van der Waals surface area contributed by atoms with E-state index < -0.39 is 0 Å². The molecule has 0 aromatic carbocycles. The van der Waals surface area contributed by atoms with Crippen LogP contribution in [0.25, 0.3) is 0 Å². The molecule has 1 rings (SSSR count). The first kappa shape index (κ1) is 10.4. The second-order valence-corrected chi connectivity index (χ2v) is 2.89. The molecular weight excluding hydrogens is 182 g/mol. The van der Waals surface area contributed by atoms with Crippen LogP contribution in [-0.4, -0.2) is 25.0 Å². The van der Waals surface area contributed by atoms with E-state index in [0.717, 1.165) is 5.56 Å². The van der Waals surface area contributed by atoms with E-state index in [1.54, 1.807) is 18.7 Å². The van der Waals surface area contributed by atoms with Gasteiger partial charge in [-0.2, -0.15) is 0 Å². The summed E-state index contributed by atoms with van der Waals surface area (Å²) in [5.74, 6) is -0.357. The topological polar surface area (TPSA) is 42.7 Å². The number of ether oxygens (including phenoxy) is 1. The van der Waals surface area contributed by atoms with Gasteiger partial charge >= 0.3 is 5.97 Å². The Morgan fingerprint density at radius 3 is 3.07 bits per heavy atom. The second-order valence-electron chi connectivity index (χ2n) is 2.89. The largest absolute Gasteiger partial charge is 0.472 e. The molecule has 0 aliphatic heterocycles. The lowest BCUT2D eigenvalue weighted by Gasteiger charge is -2.11. The molecule has 0 saturated carbocycles. The monoisotopic (exact) mass is 195 g/mol. The van der Waals surface area contributed by atoms with Gasteiger partial charge in [0.05, 0.1) is 19.6 Å². The summed E-state index contributed by atoms with van der Waals surface area (Å²) in [5.41, 5.74) is 1.06. The Labute approximate surface area is 82.8 Å². The minimum Gasteiger partial charge on any atom is -0.472 e. The molecule has 14 heavy (non-hydrogen) atoms. The third kappa shape index (κ3) is 3.35. The Balaban J connectivity index is 2.39. The first-order valence-electron chi connectivity index (χ1n) is 4.20. The molecule has 0 spiro atoms. The smallest absolute Gasteiger partial charge is 0.331 e. The highest BCUT2D eigenvalue weighted by molar-refractivity contribution is 5.81. The second kappa shape index (κ2) is 5.11. The fourth-order valence-electron chi connectivity index (χ4n) is 0.979. The van der Waals surface area contributed by atoms with Crippen molar-refractivity contribution in [3.63, 3.8) is 0 Å². The minimum atomic E-state index is -0.357. The third-order valence-electron chi connectivity index (χ3n) is 1.68. The van der Waals surface area contributed by atoms with Crippen molar-refractivity contribution in [1.29, 1.82) is 0 Å². The number of hydrogen-bond acceptors (Lipinski definition) is 4. The maximum absolute atomic E-state index is 10.8. The van der Waals surface area contributed by atoms with E-state index in [1.807, 2.05) is 18.0 Å². The average molecular weight is 195 g/mol. The molecule has 76 valence electrons. The molecule has 0 unspecified atom stereocenters. The summed E-state index contributed by atoms with van der Waals surface area (Å²) in [5, 5.41) is 0. The van der Waals surface area contributed by atoms with Gasteiger partial charge in [0, 0.05) is 31.4 Å². The molecule has 1 aromatic rings. The summed E-state index contributed by atoms with van der Waals surface area (Å²) < 4.78 is 9.38. The highest BCUT2D eigenvalue weighted by Gasteiger charge is 1.97. The Hall–Kier alpha value is -1.71. The lowest BCUT2D eigenvalue weighted by molar-refractivity contribution is -0.134. The van der Waals surface area contributed by atoms with Gasteiger partial charge in [-0.3, -0.25) is 0 Å². The van der Waals surface area contributed by atoms with Gasteiger partial charge < -0.3 is 14.1 Å². The zero-order valence-corrected chi connectivity index (χ0v) is 8.27. The fraction of sp³-hybridized carbons (Fsp3) is 0.300. The molecule has 0 bridgehead atoms. The summed E-state index contributed by atoms with van der Waals surface area (Å²) in [4.78, 5) is 12.6. The Bertz CT molecular complexity index is 303. The van der Waals surface area contributed by atoms with Crippen molar-refractivity contribution in [2.24, 2.45) is 0 Å². The van der Waals surface area contributed by atoms with E-state index in [4.69, 9.17) is 4.42 Å². The molecule has 0 N–H and O–H groups in total. The molecule has 0 fully saturated rings. The summed E-state index contributed by atoms with van der Waals surface area (Å²) >= 11 is 0. The van der Waals surface area contributed by atoms with Crippen LogP contribution in [0.5, 0.6) is 0 Å². The summed E-state index contributed by atoms with van der Waals surface area (Å²) in [6, 6.07) is 1.88. The number of carbonyl (C=O) groups is 1. The van der Waals surface area contributed by atoms with Crippen molar-refractivity contribution in [3.8, 4) is 0 Å². The van der Waals surface area contributed by atoms with E-state index in [2.05, 4.69) is 4.74 Å². The number of nitrogens with zero attached hydrogens (tertiary/aromatic N) is 1. The van der Waals surface area contributed by atoms with E-state index in [0.29, 0.717) is 6.54 Å². The summed E-state index contributed by atoms with van der Waals surface area (Å²) in [6.07, 6.45) is 6.33. The van der Waals surface area contributed by atoms with Crippen LogP contribution in [0.2, 0.25) is 0 Å². The molecule has 0 aliphatic rings. The van der Waals surface area contributed by atoms with Crippen molar-refractivity contribution < 1.29 is 13.9 Å². The summed E-state index contributed by atoms with van der Waals surface area (Å²) in [7, 11) is 3.22. The van der Waals surface area contributed by atoms with Gasteiger partial charge in [-0.15, -0.1) is 0 Å². The van der Waals surface area contributed by atoms with Crippen molar-refractivity contribution in [1.82, 2.24) is 4.90 Å². The normalized spacial score (nSPS) is 10.4. The number of methoxy groups -OCH3 is 1. The molecule has 0 radical (unpaired) electrons. The molecule has 0 saturated heterocycles. The fourth-order valence-corrected chi connectivity index (χ4v) is 0.979. The maximum atomic E-state index is 10.8. The number of furan rings is 1. The van der Waals surface area contributed by atoms with E-state index in [-0.39, 0.29) is 5.97 Å². The standard InChI is InChI=1S/C10H13NO3/c1-11(5-3-10(12)13-2)7-9-4-6-14-8-9/h3-6,8H,7H2,1-2H3. The SMILES string of the molecule is COC(=O)C=CN(C)Cc1ccoc1. The van der Waals surface area contributed by atoms with Gasteiger partial charge in [0.15, 0.2) is 0 Å². The molecule has 1 aromatic heterocycles. The Kier molecular flexibility index (Phi) is 3.79. The molecule has 0 atom stereocenters. The minimum absolute atomic E-state index is 0.357. The highest BCUT2D eigenvalue weighted by atomic mass is 16.5. The van der Waals surface area contributed by atoms with Gasteiger partial charge in [-0.05, 0) is 6.07 Å². The Morgan fingerprint density at radius 2 is 2.50 bits per heavy atom. The molecule has 0 amide bonds. The molecule has 1 heterocycles. The average Bonchev–Trinajstić information content (AvgIpc) is 2.66.